The summed E-state index contributed by atoms with van der Waals surface area (Å²) in [6.07, 6.45) is 0. The zero-order valence-electron chi connectivity index (χ0n) is 12.0. The molecule has 0 aliphatic heterocycles. The summed E-state index contributed by atoms with van der Waals surface area (Å²) in [5, 5.41) is 3.04. The minimum atomic E-state index is -1.15. The SMILES string of the molecule is COc1cccc(Cl)c1C(=O)NCCS(=O)c1ccccc1. The molecule has 22 heavy (non-hydrogen) atoms. The van der Waals surface area contributed by atoms with E-state index in [1.807, 2.05) is 18.2 Å². The maximum atomic E-state index is 12.2. The molecule has 116 valence electrons. The van der Waals surface area contributed by atoms with Gasteiger partial charge in [0.05, 0.1) is 28.5 Å². The quantitative estimate of drug-likeness (QED) is 0.881. The average molecular weight is 338 g/mol. The van der Waals surface area contributed by atoms with E-state index in [-0.39, 0.29) is 18.0 Å². The molecule has 0 fully saturated rings. The number of carbonyl (C=O) groups excluding carboxylic acids is 1. The van der Waals surface area contributed by atoms with Gasteiger partial charge < -0.3 is 10.1 Å². The van der Waals surface area contributed by atoms with Crippen molar-refractivity contribution < 1.29 is 13.7 Å². The predicted octanol–water partition coefficient (Wildman–Crippen LogP) is 2.89. The fraction of sp³-hybridized carbons (Fsp3) is 0.188. The van der Waals surface area contributed by atoms with Crippen LogP contribution in [0.5, 0.6) is 5.75 Å². The molecule has 0 saturated heterocycles. The van der Waals surface area contributed by atoms with Crippen LogP contribution in [0, 0.1) is 0 Å². The number of halogens is 1. The number of hydrogen-bond acceptors (Lipinski definition) is 3. The van der Waals surface area contributed by atoms with Gasteiger partial charge in [-0.25, -0.2) is 0 Å². The van der Waals surface area contributed by atoms with E-state index in [4.69, 9.17) is 16.3 Å². The number of rotatable bonds is 6. The molecular formula is C16H16ClNO3S. The van der Waals surface area contributed by atoms with Crippen LogP contribution in [0.25, 0.3) is 0 Å². The Labute approximate surface area is 136 Å². The molecule has 0 aliphatic rings. The predicted molar refractivity (Wildman–Crippen MR) is 88.1 cm³/mol. The van der Waals surface area contributed by atoms with Crippen LogP contribution in [0.15, 0.2) is 53.4 Å². The lowest BCUT2D eigenvalue weighted by molar-refractivity contribution is 0.0953. The summed E-state index contributed by atoms with van der Waals surface area (Å²) in [7, 11) is 0.331. The Bertz CT molecular complexity index is 676. The third-order valence-corrected chi connectivity index (χ3v) is 4.69. The number of amides is 1. The van der Waals surface area contributed by atoms with Gasteiger partial charge >= 0.3 is 0 Å². The Morgan fingerprint density at radius 2 is 1.91 bits per heavy atom. The Kier molecular flexibility index (Phi) is 5.98. The second-order valence-corrected chi connectivity index (χ2v) is 6.41. The van der Waals surface area contributed by atoms with E-state index in [1.54, 1.807) is 30.3 Å². The van der Waals surface area contributed by atoms with Gasteiger partial charge in [0.15, 0.2) is 0 Å². The molecule has 2 rings (SSSR count). The molecule has 4 nitrogen and oxygen atoms in total. The molecule has 0 aliphatic carbocycles. The van der Waals surface area contributed by atoms with Gasteiger partial charge in [-0.2, -0.15) is 0 Å². The van der Waals surface area contributed by atoms with Crippen molar-refractivity contribution in [2.75, 3.05) is 19.4 Å². The highest BCUT2D eigenvalue weighted by Crippen LogP contribution is 2.25. The van der Waals surface area contributed by atoms with Crippen LogP contribution < -0.4 is 10.1 Å². The molecule has 0 aromatic heterocycles. The standard InChI is InChI=1S/C16H16ClNO3S/c1-21-14-9-5-8-13(17)15(14)16(19)18-10-11-22(20)12-6-3-2-4-7-12/h2-9H,10-11H2,1H3,(H,18,19). The summed E-state index contributed by atoms with van der Waals surface area (Å²) >= 11 is 6.04. The highest BCUT2D eigenvalue weighted by Gasteiger charge is 2.16. The van der Waals surface area contributed by atoms with Crippen molar-refractivity contribution in [1.29, 1.82) is 0 Å². The van der Waals surface area contributed by atoms with Gasteiger partial charge in [-0.1, -0.05) is 35.9 Å². The van der Waals surface area contributed by atoms with E-state index in [2.05, 4.69) is 5.32 Å². The van der Waals surface area contributed by atoms with Crippen molar-refractivity contribution >= 4 is 28.3 Å². The molecule has 0 saturated carbocycles. The monoisotopic (exact) mass is 337 g/mol. The lowest BCUT2D eigenvalue weighted by Gasteiger charge is -2.10. The molecule has 1 N–H and O–H groups in total. The normalized spacial score (nSPS) is 11.7. The Morgan fingerprint density at radius 3 is 2.59 bits per heavy atom. The molecule has 0 heterocycles. The third-order valence-electron chi connectivity index (χ3n) is 3.00. The number of ether oxygens (including phenoxy) is 1. The largest absolute Gasteiger partial charge is 0.496 e. The van der Waals surface area contributed by atoms with E-state index >= 15 is 0 Å². The van der Waals surface area contributed by atoms with Gasteiger partial charge in [-0.05, 0) is 24.3 Å². The molecule has 1 unspecified atom stereocenters. The first kappa shape index (κ1) is 16.5. The maximum absolute atomic E-state index is 12.2. The zero-order chi connectivity index (χ0) is 15.9. The molecular weight excluding hydrogens is 322 g/mol. The van der Waals surface area contributed by atoms with Crippen molar-refractivity contribution in [3.63, 3.8) is 0 Å². The topological polar surface area (TPSA) is 55.4 Å². The van der Waals surface area contributed by atoms with Crippen molar-refractivity contribution in [2.45, 2.75) is 4.90 Å². The van der Waals surface area contributed by atoms with Crippen LogP contribution in [-0.2, 0) is 10.8 Å². The van der Waals surface area contributed by atoms with E-state index in [0.717, 1.165) is 4.90 Å². The second kappa shape index (κ2) is 7.96. The minimum absolute atomic E-state index is 0.286. The van der Waals surface area contributed by atoms with Crippen molar-refractivity contribution in [1.82, 2.24) is 5.32 Å². The molecule has 0 radical (unpaired) electrons. The number of nitrogens with one attached hydrogen (secondary N) is 1. The summed E-state index contributed by atoms with van der Waals surface area (Å²) in [5.41, 5.74) is 0.289. The van der Waals surface area contributed by atoms with Gasteiger partial charge in [-0.3, -0.25) is 9.00 Å². The number of methoxy groups -OCH3 is 1. The lowest BCUT2D eigenvalue weighted by Crippen LogP contribution is -2.28. The van der Waals surface area contributed by atoms with Gasteiger partial charge in [0, 0.05) is 17.2 Å². The van der Waals surface area contributed by atoms with Crippen LogP contribution in [0.1, 0.15) is 10.4 Å². The van der Waals surface area contributed by atoms with Crippen LogP contribution >= 0.6 is 11.6 Å². The van der Waals surface area contributed by atoms with Crippen LogP contribution in [-0.4, -0.2) is 29.5 Å². The fourth-order valence-corrected chi connectivity index (χ4v) is 3.17. The smallest absolute Gasteiger partial charge is 0.256 e. The first-order chi connectivity index (χ1) is 10.6. The molecule has 0 spiro atoms. The van der Waals surface area contributed by atoms with Crippen molar-refractivity contribution in [2.24, 2.45) is 0 Å². The number of benzene rings is 2. The highest BCUT2D eigenvalue weighted by molar-refractivity contribution is 7.85. The van der Waals surface area contributed by atoms with Crippen molar-refractivity contribution in [3.8, 4) is 5.75 Å². The second-order valence-electron chi connectivity index (χ2n) is 4.44. The van der Waals surface area contributed by atoms with E-state index in [1.165, 1.54) is 7.11 Å². The van der Waals surface area contributed by atoms with E-state index in [9.17, 15) is 9.00 Å². The first-order valence-corrected chi connectivity index (χ1v) is 8.37. The van der Waals surface area contributed by atoms with E-state index in [0.29, 0.717) is 16.5 Å². The summed E-state index contributed by atoms with van der Waals surface area (Å²) in [6, 6.07) is 14.1. The molecule has 2 aromatic rings. The van der Waals surface area contributed by atoms with Gasteiger partial charge in [-0.15, -0.1) is 0 Å². The number of hydrogen-bond donors (Lipinski definition) is 1. The van der Waals surface area contributed by atoms with E-state index < -0.39 is 10.8 Å². The van der Waals surface area contributed by atoms with Gasteiger partial charge in [0.1, 0.15) is 5.75 Å². The average Bonchev–Trinajstić information content (AvgIpc) is 2.55. The molecule has 6 heteroatoms. The maximum Gasteiger partial charge on any atom is 0.256 e. The summed E-state index contributed by atoms with van der Waals surface area (Å²) in [5.74, 6) is 0.407. The minimum Gasteiger partial charge on any atom is -0.496 e. The van der Waals surface area contributed by atoms with Crippen LogP contribution in [0.4, 0.5) is 0 Å². The summed E-state index contributed by atoms with van der Waals surface area (Å²) in [6.45, 7) is 0.286. The van der Waals surface area contributed by atoms with Crippen LogP contribution in [0.2, 0.25) is 5.02 Å². The van der Waals surface area contributed by atoms with Crippen LogP contribution in [0.3, 0.4) is 0 Å². The fourth-order valence-electron chi connectivity index (χ4n) is 1.93. The molecule has 2 aromatic carbocycles. The first-order valence-electron chi connectivity index (χ1n) is 6.67. The van der Waals surface area contributed by atoms with Crippen molar-refractivity contribution in [3.05, 3.63) is 59.1 Å². The Balaban J connectivity index is 1.95. The molecule has 0 bridgehead atoms. The Morgan fingerprint density at radius 1 is 1.18 bits per heavy atom. The summed E-state index contributed by atoms with van der Waals surface area (Å²) < 4.78 is 17.2. The van der Waals surface area contributed by atoms with Gasteiger partial charge in [0.2, 0.25) is 0 Å². The highest BCUT2D eigenvalue weighted by atomic mass is 35.5. The number of carbonyl (C=O) groups is 1. The zero-order valence-corrected chi connectivity index (χ0v) is 13.6. The van der Waals surface area contributed by atoms with Gasteiger partial charge in [0.25, 0.3) is 5.91 Å². The Hall–Kier alpha value is -1.85. The summed E-state index contributed by atoms with van der Waals surface area (Å²) in [4.78, 5) is 12.9. The lowest BCUT2D eigenvalue weighted by atomic mass is 10.2. The molecule has 1 atom stereocenters. The molecule has 1 amide bonds. The third kappa shape index (κ3) is 4.08.